The van der Waals surface area contributed by atoms with E-state index in [1.165, 1.54) is 30.4 Å². The van der Waals surface area contributed by atoms with Crippen molar-refractivity contribution < 1.29 is 22.4 Å². The van der Waals surface area contributed by atoms with E-state index in [0.717, 1.165) is 43.2 Å². The molecule has 2 fully saturated rings. The van der Waals surface area contributed by atoms with Gasteiger partial charge < -0.3 is 14.5 Å². The molecule has 10 nitrogen and oxygen atoms in total. The van der Waals surface area contributed by atoms with Gasteiger partial charge in [0.2, 0.25) is 10.0 Å². The monoisotopic (exact) mass is 573 g/mol. The van der Waals surface area contributed by atoms with Crippen LogP contribution in [0.1, 0.15) is 63.9 Å². The molecule has 12 heteroatoms. The lowest BCUT2D eigenvalue weighted by Crippen LogP contribution is -2.35. The highest BCUT2D eigenvalue weighted by atomic mass is 32.2. The van der Waals surface area contributed by atoms with Crippen LogP contribution in [0.25, 0.3) is 0 Å². The Labute approximate surface area is 233 Å². The Morgan fingerprint density at radius 1 is 1.21 bits per heavy atom. The first-order valence-electron chi connectivity index (χ1n) is 13.3. The SMILES string of the molecule is COc1cc(C)c(S(=O)(=O)N(CCc2nc(C(=O)NCc3nc(CN4CCCC4)cs3)co2)C2CC2)c(C)c1. The number of sulfonamides is 1. The first kappa shape index (κ1) is 27.8. The highest BCUT2D eigenvalue weighted by Gasteiger charge is 2.39. The minimum Gasteiger partial charge on any atom is -0.497 e. The number of aryl methyl sites for hydroxylation is 2. The minimum atomic E-state index is -3.73. The molecular weight excluding hydrogens is 538 g/mol. The van der Waals surface area contributed by atoms with Crippen molar-refractivity contribution in [3.05, 3.63) is 57.2 Å². The Hall–Kier alpha value is -2.80. The zero-order valence-electron chi connectivity index (χ0n) is 22.6. The van der Waals surface area contributed by atoms with Crippen LogP contribution in [0.2, 0.25) is 0 Å². The second kappa shape index (κ2) is 11.7. The van der Waals surface area contributed by atoms with Crippen LogP contribution in [0.5, 0.6) is 5.75 Å². The third-order valence-electron chi connectivity index (χ3n) is 7.10. The Kier molecular flexibility index (Phi) is 8.36. The maximum Gasteiger partial charge on any atom is 0.273 e. The van der Waals surface area contributed by atoms with Crippen molar-refractivity contribution >= 4 is 27.3 Å². The van der Waals surface area contributed by atoms with Gasteiger partial charge in [-0.25, -0.2) is 18.4 Å². The minimum absolute atomic E-state index is 0.0395. The van der Waals surface area contributed by atoms with Gasteiger partial charge in [0.25, 0.3) is 5.91 Å². The van der Waals surface area contributed by atoms with Crippen LogP contribution in [-0.2, 0) is 29.5 Å². The molecular formula is C27H35N5O5S2. The second-order valence-corrected chi connectivity index (χ2v) is 13.0. The Bertz CT molecular complexity index is 1400. The number of thiazole rings is 1. The third-order valence-corrected chi connectivity index (χ3v) is 10.3. The number of oxazole rings is 1. The lowest BCUT2D eigenvalue weighted by Gasteiger charge is -2.24. The lowest BCUT2D eigenvalue weighted by molar-refractivity contribution is 0.0945. The van der Waals surface area contributed by atoms with Gasteiger partial charge in [-0.15, -0.1) is 11.3 Å². The maximum atomic E-state index is 13.7. The summed E-state index contributed by atoms with van der Waals surface area (Å²) >= 11 is 1.53. The van der Waals surface area contributed by atoms with E-state index in [9.17, 15) is 13.2 Å². The van der Waals surface area contributed by atoms with E-state index in [1.54, 1.807) is 37.4 Å². The summed E-state index contributed by atoms with van der Waals surface area (Å²) in [6, 6.07) is 3.44. The van der Waals surface area contributed by atoms with E-state index in [-0.39, 0.29) is 30.6 Å². The van der Waals surface area contributed by atoms with Crippen LogP contribution in [0.4, 0.5) is 0 Å². The lowest BCUT2D eigenvalue weighted by atomic mass is 10.1. The molecule has 2 aromatic heterocycles. The van der Waals surface area contributed by atoms with Gasteiger partial charge in [-0.3, -0.25) is 9.69 Å². The summed E-state index contributed by atoms with van der Waals surface area (Å²) in [4.78, 5) is 24.3. The molecule has 0 bridgehead atoms. The van der Waals surface area contributed by atoms with Crippen LogP contribution in [0.3, 0.4) is 0 Å². The Balaban J connectivity index is 1.18. The molecule has 1 aromatic carbocycles. The topological polar surface area (TPSA) is 118 Å². The van der Waals surface area contributed by atoms with Gasteiger partial charge in [0.1, 0.15) is 17.0 Å². The van der Waals surface area contributed by atoms with Crippen LogP contribution >= 0.6 is 11.3 Å². The smallest absolute Gasteiger partial charge is 0.273 e. The molecule has 0 unspecified atom stereocenters. The number of nitrogens with one attached hydrogen (secondary N) is 1. The molecule has 0 atom stereocenters. The number of amides is 1. The molecule has 1 saturated heterocycles. The summed E-state index contributed by atoms with van der Waals surface area (Å²) in [6.45, 7) is 7.19. The summed E-state index contributed by atoms with van der Waals surface area (Å²) in [6.07, 6.45) is 5.71. The van der Waals surface area contributed by atoms with E-state index in [1.807, 2.05) is 5.38 Å². The standard InChI is InChI=1S/C27H35N5O5S2/c1-18-12-22(36-3)13-19(2)26(18)39(34,35)32(21-6-7-21)11-8-24-30-23(16-37-24)27(33)28-14-25-29-20(17-38-25)15-31-9-4-5-10-31/h12-13,16-17,21H,4-11,14-15H2,1-3H3,(H,28,33). The number of ether oxygens (including phenoxy) is 1. The number of benzene rings is 1. The Morgan fingerprint density at radius 2 is 1.92 bits per heavy atom. The first-order chi connectivity index (χ1) is 18.7. The van der Waals surface area contributed by atoms with Crippen molar-refractivity contribution in [1.29, 1.82) is 0 Å². The van der Waals surface area contributed by atoms with Crippen molar-refractivity contribution in [2.45, 2.75) is 70.0 Å². The normalized spacial score (nSPS) is 16.2. The molecule has 1 aliphatic heterocycles. The Morgan fingerprint density at radius 3 is 2.59 bits per heavy atom. The van der Waals surface area contributed by atoms with Crippen molar-refractivity contribution in [1.82, 2.24) is 24.5 Å². The highest BCUT2D eigenvalue weighted by Crippen LogP contribution is 2.35. The van der Waals surface area contributed by atoms with Crippen LogP contribution in [0, 0.1) is 13.8 Å². The van der Waals surface area contributed by atoms with E-state index >= 15 is 0 Å². The van der Waals surface area contributed by atoms with Crippen molar-refractivity contribution in [2.24, 2.45) is 0 Å². The molecule has 1 N–H and O–H groups in total. The third kappa shape index (κ3) is 6.51. The first-order valence-corrected chi connectivity index (χ1v) is 15.6. The predicted molar refractivity (Wildman–Crippen MR) is 147 cm³/mol. The fourth-order valence-electron chi connectivity index (χ4n) is 5.07. The average Bonchev–Trinajstić information content (AvgIpc) is 3.26. The van der Waals surface area contributed by atoms with Crippen LogP contribution in [-0.4, -0.2) is 66.3 Å². The van der Waals surface area contributed by atoms with Gasteiger partial charge >= 0.3 is 0 Å². The molecule has 1 saturated carbocycles. The zero-order valence-corrected chi connectivity index (χ0v) is 24.2. The molecule has 3 aromatic rings. The van der Waals surface area contributed by atoms with Gasteiger partial charge in [-0.05, 0) is 75.9 Å². The zero-order chi connectivity index (χ0) is 27.6. The molecule has 2 aliphatic rings. The maximum absolute atomic E-state index is 13.7. The number of methoxy groups -OCH3 is 1. The van der Waals surface area contributed by atoms with Gasteiger partial charge in [0.05, 0.1) is 24.2 Å². The molecule has 5 rings (SSSR count). The van der Waals surface area contributed by atoms with Crippen molar-refractivity contribution in [3.63, 3.8) is 0 Å². The van der Waals surface area contributed by atoms with Gasteiger partial charge in [-0.2, -0.15) is 4.31 Å². The second-order valence-electron chi connectivity index (χ2n) is 10.2. The fraction of sp³-hybridized carbons (Fsp3) is 0.519. The van der Waals surface area contributed by atoms with Crippen molar-refractivity contribution in [3.8, 4) is 5.75 Å². The molecule has 0 spiro atoms. The fourth-order valence-corrected chi connectivity index (χ4v) is 7.89. The molecule has 1 amide bonds. The summed E-state index contributed by atoms with van der Waals surface area (Å²) in [5.74, 6) is 0.605. The molecule has 210 valence electrons. The summed E-state index contributed by atoms with van der Waals surface area (Å²) < 4.78 is 39.7. The molecule has 0 radical (unpaired) electrons. The summed E-state index contributed by atoms with van der Waals surface area (Å²) in [5, 5.41) is 5.74. The van der Waals surface area contributed by atoms with E-state index in [0.29, 0.717) is 34.2 Å². The number of rotatable bonds is 12. The number of nitrogens with zero attached hydrogens (tertiary/aromatic N) is 4. The predicted octanol–water partition coefficient (Wildman–Crippen LogP) is 3.68. The number of hydrogen-bond donors (Lipinski definition) is 1. The van der Waals surface area contributed by atoms with Gasteiger partial charge in [0, 0.05) is 30.9 Å². The van der Waals surface area contributed by atoms with Crippen molar-refractivity contribution in [2.75, 3.05) is 26.7 Å². The van der Waals surface area contributed by atoms with Gasteiger partial charge in [0.15, 0.2) is 11.6 Å². The largest absolute Gasteiger partial charge is 0.497 e. The van der Waals surface area contributed by atoms with E-state index < -0.39 is 10.0 Å². The number of hydrogen-bond acceptors (Lipinski definition) is 9. The summed E-state index contributed by atoms with van der Waals surface area (Å²) in [5.41, 5.74) is 2.50. The van der Waals surface area contributed by atoms with Crippen LogP contribution < -0.4 is 10.1 Å². The highest BCUT2D eigenvalue weighted by molar-refractivity contribution is 7.89. The number of likely N-dealkylation sites (tertiary alicyclic amines) is 1. The number of carbonyl (C=O) groups excluding carboxylic acids is 1. The molecule has 1 aliphatic carbocycles. The van der Waals surface area contributed by atoms with E-state index in [4.69, 9.17) is 9.15 Å². The van der Waals surface area contributed by atoms with Gasteiger partial charge in [-0.1, -0.05) is 0 Å². The molecule has 39 heavy (non-hydrogen) atoms. The quantitative estimate of drug-likeness (QED) is 0.349. The van der Waals surface area contributed by atoms with E-state index in [2.05, 4.69) is 20.2 Å². The average molecular weight is 574 g/mol. The number of aromatic nitrogens is 2. The number of carbonyl (C=O) groups is 1. The van der Waals surface area contributed by atoms with Crippen LogP contribution in [0.15, 0.2) is 33.1 Å². The summed E-state index contributed by atoms with van der Waals surface area (Å²) in [7, 11) is -2.16. The molecule has 3 heterocycles.